The molecule has 0 radical (unpaired) electrons. The second kappa shape index (κ2) is 15.8. The monoisotopic (exact) mass is 898 g/mol. The van der Waals surface area contributed by atoms with Gasteiger partial charge in [0.2, 0.25) is 11.5 Å². The van der Waals surface area contributed by atoms with Crippen molar-refractivity contribution in [3.8, 4) is 57.1 Å². The van der Waals surface area contributed by atoms with E-state index in [1.165, 1.54) is 12.1 Å². The van der Waals surface area contributed by atoms with Gasteiger partial charge in [-0.2, -0.15) is 0 Å². The minimum Gasteiger partial charge on any atom is -0.453 e. The molecule has 0 saturated carbocycles. The van der Waals surface area contributed by atoms with E-state index in [-0.39, 0.29) is 49.1 Å². The first-order valence-electron chi connectivity index (χ1n) is 19.8. The summed E-state index contributed by atoms with van der Waals surface area (Å²) in [6.45, 7) is 0. The third-order valence-electron chi connectivity index (χ3n) is 10.6. The molecule has 0 unspecified atom stereocenters. The number of ether oxygens (including phenoxy) is 6. The van der Waals surface area contributed by atoms with Crippen molar-refractivity contribution in [1.29, 1.82) is 0 Å². The Morgan fingerprint density at radius 1 is 0.391 bits per heavy atom. The van der Waals surface area contributed by atoms with Crippen LogP contribution in [-0.2, 0) is 9.13 Å². The molecule has 0 aliphatic carbocycles. The first kappa shape index (κ1) is 40.8. The summed E-state index contributed by atoms with van der Waals surface area (Å²) >= 11 is 0. The van der Waals surface area contributed by atoms with E-state index >= 15 is 26.7 Å². The largest absolute Gasteiger partial charge is 0.586 e. The van der Waals surface area contributed by atoms with Gasteiger partial charge in [-0.1, -0.05) is 158 Å². The topological polar surface area (TPSA) is 89.5 Å². The third kappa shape index (κ3) is 7.15. The normalized spacial score (nSPS) is 14.5. The zero-order valence-corrected chi connectivity index (χ0v) is 34.9. The van der Waals surface area contributed by atoms with E-state index in [1.54, 1.807) is 182 Å². The average molecular weight is 899 g/mol. The Kier molecular flexibility index (Phi) is 10.1. The summed E-state index contributed by atoms with van der Waals surface area (Å²) in [5.41, 5.74) is -0.818. The highest BCUT2D eigenvalue weighted by Crippen LogP contribution is 2.63. The fourth-order valence-corrected chi connectivity index (χ4v) is 13.5. The van der Waals surface area contributed by atoms with E-state index in [4.69, 9.17) is 28.4 Å². The van der Waals surface area contributed by atoms with Gasteiger partial charge in [-0.05, 0) is 36.4 Å². The molecular weight excluding hydrogens is 866 g/mol. The van der Waals surface area contributed by atoms with Crippen LogP contribution in [0.5, 0.6) is 46.0 Å². The van der Waals surface area contributed by atoms with Gasteiger partial charge in [0.1, 0.15) is 11.5 Å². The third-order valence-corrected chi connectivity index (χ3v) is 16.7. The standard InChI is InChI=1S/C50H32F4O8P2/c51-49(52)59-44-39(31-42(46(48(44)62-49)58-34-21-9-2-10-22-34)64(56,37-27-15-5-16-28-37)38-29-17-6-18-30-38)43-41(63(55,35-23-11-3-12-24-35)36-25-13-4-14-26-36)32-40(57-33-19-7-1-8-20-33)45-47(43)61-50(53,54)60-45/h1-32H. The molecule has 0 atom stereocenters. The average Bonchev–Trinajstić information content (AvgIpc) is 3.84. The quantitative estimate of drug-likeness (QED) is 0.0937. The molecule has 0 N–H and O–H groups in total. The van der Waals surface area contributed by atoms with Crippen LogP contribution >= 0.6 is 14.3 Å². The Labute approximate surface area is 363 Å². The molecule has 8 aromatic rings. The molecule has 0 spiro atoms. The Morgan fingerprint density at radius 2 is 0.750 bits per heavy atom. The highest BCUT2D eigenvalue weighted by molar-refractivity contribution is 7.86. The van der Waals surface area contributed by atoms with Gasteiger partial charge in [-0.3, -0.25) is 0 Å². The van der Waals surface area contributed by atoms with Gasteiger partial charge in [-0.15, -0.1) is 17.6 Å². The molecule has 2 heterocycles. The summed E-state index contributed by atoms with van der Waals surface area (Å²) in [7, 11) is -8.59. The van der Waals surface area contributed by atoms with Crippen LogP contribution in [0.3, 0.4) is 0 Å². The lowest BCUT2D eigenvalue weighted by Crippen LogP contribution is -2.28. The molecule has 0 amide bonds. The highest BCUT2D eigenvalue weighted by atomic mass is 31.2. The molecule has 0 bridgehead atoms. The highest BCUT2D eigenvalue weighted by Gasteiger charge is 2.53. The number of fused-ring (bicyclic) bond motifs is 2. The van der Waals surface area contributed by atoms with Crippen LogP contribution in [0, 0.1) is 0 Å². The van der Waals surface area contributed by atoms with Crippen LogP contribution in [0.4, 0.5) is 17.6 Å². The molecule has 64 heavy (non-hydrogen) atoms. The number of hydrogen-bond acceptors (Lipinski definition) is 8. The lowest BCUT2D eigenvalue weighted by molar-refractivity contribution is -0.288. The van der Waals surface area contributed by atoms with E-state index in [0.29, 0.717) is 0 Å². The molecule has 8 nitrogen and oxygen atoms in total. The van der Waals surface area contributed by atoms with Gasteiger partial charge in [-0.25, -0.2) is 0 Å². The van der Waals surface area contributed by atoms with Gasteiger partial charge in [0, 0.05) is 37.6 Å². The van der Waals surface area contributed by atoms with Crippen LogP contribution in [0.15, 0.2) is 194 Å². The predicted octanol–water partition coefficient (Wildman–Crippen LogP) is 10.9. The fraction of sp³-hybridized carbons (Fsp3) is 0.0400. The van der Waals surface area contributed by atoms with Gasteiger partial charge in [0.05, 0.1) is 5.30 Å². The Balaban J connectivity index is 1.39. The minimum atomic E-state index is -4.38. The predicted molar refractivity (Wildman–Crippen MR) is 236 cm³/mol. The maximum absolute atomic E-state index is 16.6. The van der Waals surface area contributed by atoms with Crippen molar-refractivity contribution in [2.45, 2.75) is 12.6 Å². The van der Waals surface area contributed by atoms with Crippen molar-refractivity contribution in [2.24, 2.45) is 0 Å². The number of benzene rings is 8. The molecule has 8 aromatic carbocycles. The second-order valence-electron chi connectivity index (χ2n) is 14.6. The molecule has 14 heteroatoms. The van der Waals surface area contributed by atoms with Gasteiger partial charge >= 0.3 is 12.6 Å². The molecule has 2 aliphatic rings. The van der Waals surface area contributed by atoms with Crippen LogP contribution in [-0.4, -0.2) is 12.6 Å². The fourth-order valence-electron chi connectivity index (χ4n) is 7.85. The lowest BCUT2D eigenvalue weighted by atomic mass is 10.0. The number of halogens is 4. The number of para-hydroxylation sites is 2. The summed E-state index contributed by atoms with van der Waals surface area (Å²) in [6, 6.07) is 52.0. The van der Waals surface area contributed by atoms with Gasteiger partial charge < -0.3 is 37.6 Å². The molecule has 0 fully saturated rings. The first-order chi connectivity index (χ1) is 30.9. The Morgan fingerprint density at radius 3 is 1.20 bits per heavy atom. The minimum absolute atomic E-state index is 0.156. The van der Waals surface area contributed by atoms with E-state index in [1.807, 2.05) is 0 Å². The first-order valence-corrected chi connectivity index (χ1v) is 23.2. The molecule has 10 rings (SSSR count). The van der Waals surface area contributed by atoms with Gasteiger partial charge in [0.15, 0.2) is 37.3 Å². The SMILES string of the molecule is O=P(c1ccccc1)(c1ccccc1)c1cc(-c2c(P(=O)(c3ccccc3)c3ccccc3)cc(Oc3ccccc3)c3c2OC(F)(F)O3)c2c(c1Oc1ccccc1)OC(F)(F)O2. The van der Waals surface area contributed by atoms with E-state index in [2.05, 4.69) is 0 Å². The van der Waals surface area contributed by atoms with Gasteiger partial charge in [0.25, 0.3) is 0 Å². The van der Waals surface area contributed by atoms with E-state index in [9.17, 15) is 0 Å². The number of alkyl halides is 4. The maximum Gasteiger partial charge on any atom is 0.586 e. The summed E-state index contributed by atoms with van der Waals surface area (Å²) in [6.07, 6.45) is -8.72. The number of rotatable bonds is 11. The maximum atomic E-state index is 16.6. The van der Waals surface area contributed by atoms with Crippen molar-refractivity contribution in [3.05, 3.63) is 194 Å². The lowest BCUT2D eigenvalue weighted by Gasteiger charge is -2.27. The number of hydrogen-bond donors (Lipinski definition) is 0. The smallest absolute Gasteiger partial charge is 0.453 e. The van der Waals surface area contributed by atoms with Crippen molar-refractivity contribution < 1.29 is 55.1 Å². The van der Waals surface area contributed by atoms with Crippen LogP contribution in [0.1, 0.15) is 0 Å². The summed E-state index contributed by atoms with van der Waals surface area (Å²) < 4.78 is 130. The summed E-state index contributed by atoms with van der Waals surface area (Å²) in [5, 5.41) is 0.612. The second-order valence-corrected chi connectivity index (χ2v) is 20.0. The molecule has 0 aromatic heterocycles. The van der Waals surface area contributed by atoms with E-state index in [0.717, 1.165) is 0 Å². The van der Waals surface area contributed by atoms with Crippen molar-refractivity contribution in [1.82, 2.24) is 0 Å². The van der Waals surface area contributed by atoms with Crippen LogP contribution in [0.2, 0.25) is 0 Å². The molecule has 0 saturated heterocycles. The van der Waals surface area contributed by atoms with Crippen LogP contribution < -0.4 is 60.2 Å². The van der Waals surface area contributed by atoms with E-state index < -0.39 is 66.7 Å². The Bertz CT molecular complexity index is 3020. The van der Waals surface area contributed by atoms with Crippen LogP contribution in [0.25, 0.3) is 11.1 Å². The molecule has 318 valence electrons. The van der Waals surface area contributed by atoms with Crippen molar-refractivity contribution in [3.63, 3.8) is 0 Å². The molecule has 2 aliphatic heterocycles. The zero-order chi connectivity index (χ0) is 44.1. The Hall–Kier alpha value is -7.26. The van der Waals surface area contributed by atoms with Crippen molar-refractivity contribution in [2.75, 3.05) is 0 Å². The summed E-state index contributed by atoms with van der Waals surface area (Å²) in [5.74, 6) is -3.16. The van der Waals surface area contributed by atoms with Crippen molar-refractivity contribution >= 4 is 46.1 Å². The zero-order valence-electron chi connectivity index (χ0n) is 33.1. The summed E-state index contributed by atoms with van der Waals surface area (Å²) in [4.78, 5) is 0. The molecular formula is C50H32F4O8P2.